The fraction of sp³-hybridized carbons (Fsp3) is 0.529. The fourth-order valence-corrected chi connectivity index (χ4v) is 2.74. The number of anilines is 2. The van der Waals surface area contributed by atoms with E-state index in [9.17, 15) is 9.59 Å². The number of carbonyl (C=O) groups is 2. The molecule has 0 radical (unpaired) electrons. The molecule has 132 valence electrons. The van der Waals surface area contributed by atoms with E-state index in [4.69, 9.17) is 23.2 Å². The van der Waals surface area contributed by atoms with E-state index in [-0.39, 0.29) is 11.9 Å². The predicted octanol–water partition coefficient (Wildman–Crippen LogP) is 3.56. The molecular weight excluding hydrogens is 349 g/mol. The minimum absolute atomic E-state index is 0.0808. The molecule has 0 bridgehead atoms. The molecule has 1 heterocycles. The summed E-state index contributed by atoms with van der Waals surface area (Å²) in [4.78, 5) is 25.4. The van der Waals surface area contributed by atoms with Crippen molar-refractivity contribution in [1.82, 2.24) is 5.32 Å². The maximum absolute atomic E-state index is 12.7. The van der Waals surface area contributed by atoms with Crippen molar-refractivity contribution in [3.63, 3.8) is 0 Å². The molecule has 0 spiro atoms. The lowest BCUT2D eigenvalue weighted by Gasteiger charge is -2.23. The summed E-state index contributed by atoms with van der Waals surface area (Å²) in [7, 11) is 0. The molecule has 7 heteroatoms. The van der Waals surface area contributed by atoms with Crippen LogP contribution >= 0.6 is 23.2 Å². The number of hydrogen-bond donors (Lipinski definition) is 2. The number of halogens is 2. The van der Waals surface area contributed by atoms with E-state index in [2.05, 4.69) is 15.5 Å². The van der Waals surface area contributed by atoms with Crippen LogP contribution in [0.1, 0.15) is 43.5 Å². The Hall–Kier alpha value is -1.46. The largest absolute Gasteiger partial charge is 0.371 e. The van der Waals surface area contributed by atoms with Crippen molar-refractivity contribution >= 4 is 46.4 Å². The summed E-state index contributed by atoms with van der Waals surface area (Å²) in [6.07, 6.45) is 3.08. The van der Waals surface area contributed by atoms with Crippen molar-refractivity contribution in [2.45, 2.75) is 44.0 Å². The van der Waals surface area contributed by atoms with Crippen LogP contribution in [0.3, 0.4) is 0 Å². The Balaban J connectivity index is 2.30. The van der Waals surface area contributed by atoms with Gasteiger partial charge in [0.1, 0.15) is 0 Å². The zero-order chi connectivity index (χ0) is 17.7. The molecule has 0 saturated carbocycles. The highest BCUT2D eigenvalue weighted by Crippen LogP contribution is 2.28. The maximum atomic E-state index is 12.7. The SMILES string of the molecule is CCC(C)NC(=O)c1cc(NC(=O)C(Cl)Cl)ccc1N1CCCC1. The highest BCUT2D eigenvalue weighted by atomic mass is 35.5. The third-order valence-corrected chi connectivity index (χ3v) is 4.54. The molecule has 24 heavy (non-hydrogen) atoms. The van der Waals surface area contributed by atoms with Gasteiger partial charge in [-0.1, -0.05) is 30.1 Å². The van der Waals surface area contributed by atoms with Gasteiger partial charge in [0.15, 0.2) is 4.84 Å². The Kier molecular flexibility index (Phi) is 6.75. The summed E-state index contributed by atoms with van der Waals surface area (Å²) in [6, 6.07) is 5.39. The van der Waals surface area contributed by atoms with Crippen molar-refractivity contribution in [2.24, 2.45) is 0 Å². The first-order valence-electron chi connectivity index (χ1n) is 8.21. The van der Waals surface area contributed by atoms with Gasteiger partial charge in [-0.05, 0) is 44.4 Å². The molecule has 1 aromatic rings. The van der Waals surface area contributed by atoms with E-state index in [1.807, 2.05) is 19.9 Å². The Morgan fingerprint density at radius 1 is 1.25 bits per heavy atom. The smallest absolute Gasteiger partial charge is 0.257 e. The van der Waals surface area contributed by atoms with E-state index >= 15 is 0 Å². The molecule has 5 nitrogen and oxygen atoms in total. The minimum Gasteiger partial charge on any atom is -0.371 e. The zero-order valence-electron chi connectivity index (χ0n) is 13.9. The van der Waals surface area contributed by atoms with Crippen LogP contribution in [-0.4, -0.2) is 35.8 Å². The normalized spacial score (nSPS) is 15.5. The number of benzene rings is 1. The number of nitrogens with one attached hydrogen (secondary N) is 2. The lowest BCUT2D eigenvalue weighted by atomic mass is 10.1. The number of rotatable bonds is 6. The van der Waals surface area contributed by atoms with Crippen molar-refractivity contribution in [3.05, 3.63) is 23.8 Å². The molecule has 2 amide bonds. The van der Waals surface area contributed by atoms with Gasteiger partial charge in [0.25, 0.3) is 11.8 Å². The second-order valence-corrected chi connectivity index (χ2v) is 7.10. The van der Waals surface area contributed by atoms with Gasteiger partial charge in [-0.25, -0.2) is 0 Å². The monoisotopic (exact) mass is 371 g/mol. The number of carbonyl (C=O) groups excluding carboxylic acids is 2. The van der Waals surface area contributed by atoms with Crippen molar-refractivity contribution in [3.8, 4) is 0 Å². The van der Waals surface area contributed by atoms with Gasteiger partial charge in [0.05, 0.1) is 5.56 Å². The second-order valence-electron chi connectivity index (χ2n) is 6.00. The Labute approximate surface area is 152 Å². The molecule has 0 aliphatic carbocycles. The average molecular weight is 372 g/mol. The Bertz CT molecular complexity index is 601. The van der Waals surface area contributed by atoms with Crippen LogP contribution in [0.5, 0.6) is 0 Å². The highest BCUT2D eigenvalue weighted by molar-refractivity contribution is 6.54. The molecule has 1 aliphatic heterocycles. The summed E-state index contributed by atoms with van der Waals surface area (Å²) >= 11 is 11.1. The van der Waals surface area contributed by atoms with Gasteiger partial charge in [-0.2, -0.15) is 0 Å². The maximum Gasteiger partial charge on any atom is 0.257 e. The van der Waals surface area contributed by atoms with E-state index in [0.29, 0.717) is 11.3 Å². The van der Waals surface area contributed by atoms with E-state index < -0.39 is 10.7 Å². The Morgan fingerprint density at radius 3 is 2.50 bits per heavy atom. The average Bonchev–Trinajstić information content (AvgIpc) is 3.08. The standard InChI is InChI=1S/C17H23Cl2N3O2/c1-3-11(2)20-16(23)13-10-12(21-17(24)15(18)19)6-7-14(13)22-8-4-5-9-22/h6-7,10-11,15H,3-5,8-9H2,1-2H3,(H,20,23)(H,21,24). The van der Waals surface area contributed by atoms with Crippen LogP contribution in [0.15, 0.2) is 18.2 Å². The number of hydrogen-bond acceptors (Lipinski definition) is 3. The highest BCUT2D eigenvalue weighted by Gasteiger charge is 2.21. The van der Waals surface area contributed by atoms with Crippen LogP contribution < -0.4 is 15.5 Å². The number of amides is 2. The van der Waals surface area contributed by atoms with Gasteiger partial charge in [0, 0.05) is 30.5 Å². The fourth-order valence-electron chi connectivity index (χ4n) is 2.63. The molecule has 1 unspecified atom stereocenters. The summed E-state index contributed by atoms with van der Waals surface area (Å²) in [5.74, 6) is -0.656. The van der Waals surface area contributed by atoms with Gasteiger partial charge in [0.2, 0.25) is 0 Å². The summed E-state index contributed by atoms with van der Waals surface area (Å²) in [5.41, 5.74) is 1.94. The molecule has 1 fully saturated rings. The van der Waals surface area contributed by atoms with Gasteiger partial charge in [-0.3, -0.25) is 9.59 Å². The first kappa shape index (κ1) is 18.9. The molecule has 1 saturated heterocycles. The summed E-state index contributed by atoms with van der Waals surface area (Å²) in [5, 5.41) is 5.60. The quantitative estimate of drug-likeness (QED) is 0.751. The Morgan fingerprint density at radius 2 is 1.92 bits per heavy atom. The van der Waals surface area contributed by atoms with E-state index in [1.54, 1.807) is 12.1 Å². The predicted molar refractivity (Wildman–Crippen MR) is 99.2 cm³/mol. The van der Waals surface area contributed by atoms with Gasteiger partial charge >= 0.3 is 0 Å². The number of nitrogens with zero attached hydrogens (tertiary/aromatic N) is 1. The number of alkyl halides is 2. The molecule has 1 aliphatic rings. The van der Waals surface area contributed by atoms with Crippen LogP contribution in [0.25, 0.3) is 0 Å². The second kappa shape index (κ2) is 8.58. The molecular formula is C17H23Cl2N3O2. The van der Waals surface area contributed by atoms with Crippen molar-refractivity contribution < 1.29 is 9.59 Å². The third kappa shape index (κ3) is 4.77. The van der Waals surface area contributed by atoms with Crippen LogP contribution in [0.2, 0.25) is 0 Å². The lowest BCUT2D eigenvalue weighted by Crippen LogP contribution is -2.33. The first-order chi connectivity index (χ1) is 11.4. The molecule has 2 rings (SSSR count). The van der Waals surface area contributed by atoms with Crippen LogP contribution in [0, 0.1) is 0 Å². The third-order valence-electron chi connectivity index (χ3n) is 4.14. The topological polar surface area (TPSA) is 61.4 Å². The van der Waals surface area contributed by atoms with Crippen molar-refractivity contribution in [2.75, 3.05) is 23.3 Å². The van der Waals surface area contributed by atoms with Gasteiger partial charge < -0.3 is 15.5 Å². The van der Waals surface area contributed by atoms with Gasteiger partial charge in [-0.15, -0.1) is 0 Å². The first-order valence-corrected chi connectivity index (χ1v) is 9.08. The molecule has 1 atom stereocenters. The lowest BCUT2D eigenvalue weighted by molar-refractivity contribution is -0.114. The molecule has 1 aromatic carbocycles. The molecule has 0 aromatic heterocycles. The van der Waals surface area contributed by atoms with Crippen molar-refractivity contribution in [1.29, 1.82) is 0 Å². The zero-order valence-corrected chi connectivity index (χ0v) is 15.5. The molecule has 2 N–H and O–H groups in total. The van der Waals surface area contributed by atoms with E-state index in [1.165, 1.54) is 0 Å². The van der Waals surface area contributed by atoms with Crippen LogP contribution in [-0.2, 0) is 4.79 Å². The minimum atomic E-state index is -1.15. The van der Waals surface area contributed by atoms with Crippen LogP contribution in [0.4, 0.5) is 11.4 Å². The summed E-state index contributed by atoms with van der Waals surface area (Å²) < 4.78 is 0. The van der Waals surface area contributed by atoms with E-state index in [0.717, 1.165) is 38.0 Å². The summed E-state index contributed by atoms with van der Waals surface area (Å²) in [6.45, 7) is 5.84.